The van der Waals surface area contributed by atoms with Crippen LogP contribution in [0.2, 0.25) is 5.02 Å². The number of aliphatic hydroxyl groups excluding tert-OH is 1. The van der Waals surface area contributed by atoms with E-state index in [1.54, 1.807) is 0 Å². The molecule has 0 aliphatic heterocycles. The molecule has 1 rings (SSSR count). The van der Waals surface area contributed by atoms with Crippen molar-refractivity contribution in [1.29, 1.82) is 0 Å². The zero-order valence-electron chi connectivity index (χ0n) is 8.58. The van der Waals surface area contributed by atoms with E-state index in [4.69, 9.17) is 21.4 Å². The van der Waals surface area contributed by atoms with Gasteiger partial charge in [0.25, 0.3) is 0 Å². The summed E-state index contributed by atoms with van der Waals surface area (Å²) in [6.07, 6.45) is 0. The van der Waals surface area contributed by atoms with Gasteiger partial charge in [0.1, 0.15) is 0 Å². The summed E-state index contributed by atoms with van der Waals surface area (Å²) in [6.45, 7) is 2.73. The van der Waals surface area contributed by atoms with Gasteiger partial charge in [0.2, 0.25) is 0 Å². The van der Waals surface area contributed by atoms with Gasteiger partial charge in [-0.3, -0.25) is 0 Å². The number of ether oxygens (including phenoxy) is 1. The second kappa shape index (κ2) is 7.65. The first-order valence-electron chi connectivity index (χ1n) is 4.96. The van der Waals surface area contributed by atoms with Gasteiger partial charge in [-0.2, -0.15) is 0 Å². The standard InChI is InChI=1S/C11H16ClNO2/c12-11-3-1-2-10(8-11)9-15-7-5-13-4-6-14/h1-3,8,13-14H,4-7,9H2. The summed E-state index contributed by atoms with van der Waals surface area (Å²) in [4.78, 5) is 0. The second-order valence-corrected chi connectivity index (χ2v) is 3.59. The Bertz CT molecular complexity index is 281. The van der Waals surface area contributed by atoms with Crippen LogP contribution in [0.3, 0.4) is 0 Å². The van der Waals surface area contributed by atoms with Gasteiger partial charge in [0, 0.05) is 18.1 Å². The Hall–Kier alpha value is -0.610. The summed E-state index contributed by atoms with van der Waals surface area (Å²) in [6, 6.07) is 7.62. The van der Waals surface area contributed by atoms with Gasteiger partial charge < -0.3 is 15.2 Å². The van der Waals surface area contributed by atoms with Gasteiger partial charge in [-0.25, -0.2) is 0 Å². The van der Waals surface area contributed by atoms with Gasteiger partial charge in [-0.1, -0.05) is 23.7 Å². The Morgan fingerprint density at radius 2 is 2.20 bits per heavy atom. The van der Waals surface area contributed by atoms with Crippen molar-refractivity contribution in [1.82, 2.24) is 5.32 Å². The van der Waals surface area contributed by atoms with Crippen LogP contribution in [0.5, 0.6) is 0 Å². The molecule has 0 spiro atoms. The first-order chi connectivity index (χ1) is 7.33. The fourth-order valence-electron chi connectivity index (χ4n) is 1.17. The third-order valence-corrected chi connectivity index (χ3v) is 2.10. The van der Waals surface area contributed by atoms with E-state index >= 15 is 0 Å². The predicted molar refractivity (Wildman–Crippen MR) is 61.1 cm³/mol. The summed E-state index contributed by atoms with van der Waals surface area (Å²) in [5, 5.41) is 12.3. The summed E-state index contributed by atoms with van der Waals surface area (Å²) in [5.74, 6) is 0. The fraction of sp³-hybridized carbons (Fsp3) is 0.455. The molecular formula is C11H16ClNO2. The molecule has 0 fully saturated rings. The SMILES string of the molecule is OCCNCCOCc1cccc(Cl)c1. The lowest BCUT2D eigenvalue weighted by molar-refractivity contribution is 0.121. The topological polar surface area (TPSA) is 41.5 Å². The molecule has 0 amide bonds. The minimum Gasteiger partial charge on any atom is -0.395 e. The summed E-state index contributed by atoms with van der Waals surface area (Å²) in [5.41, 5.74) is 1.07. The maximum absolute atomic E-state index is 8.51. The monoisotopic (exact) mass is 229 g/mol. The first-order valence-corrected chi connectivity index (χ1v) is 5.34. The number of benzene rings is 1. The highest BCUT2D eigenvalue weighted by molar-refractivity contribution is 6.30. The van der Waals surface area contributed by atoms with Crippen LogP contribution in [-0.2, 0) is 11.3 Å². The molecule has 0 aromatic heterocycles. The summed E-state index contributed by atoms with van der Waals surface area (Å²) < 4.78 is 5.42. The number of hydrogen-bond acceptors (Lipinski definition) is 3. The van der Waals surface area contributed by atoms with Crippen LogP contribution < -0.4 is 5.32 Å². The van der Waals surface area contributed by atoms with Crippen LogP contribution in [0.25, 0.3) is 0 Å². The molecule has 15 heavy (non-hydrogen) atoms. The third kappa shape index (κ3) is 5.74. The normalized spacial score (nSPS) is 10.5. The minimum atomic E-state index is 0.161. The maximum atomic E-state index is 8.51. The lowest BCUT2D eigenvalue weighted by Gasteiger charge is -2.05. The lowest BCUT2D eigenvalue weighted by Crippen LogP contribution is -2.22. The Kier molecular flexibility index (Phi) is 6.36. The van der Waals surface area contributed by atoms with Crippen molar-refractivity contribution >= 4 is 11.6 Å². The highest BCUT2D eigenvalue weighted by Crippen LogP contribution is 2.11. The molecule has 2 N–H and O–H groups in total. The van der Waals surface area contributed by atoms with E-state index in [0.717, 1.165) is 17.1 Å². The van der Waals surface area contributed by atoms with Crippen molar-refractivity contribution in [3.63, 3.8) is 0 Å². The largest absolute Gasteiger partial charge is 0.395 e. The highest BCUT2D eigenvalue weighted by atomic mass is 35.5. The maximum Gasteiger partial charge on any atom is 0.0718 e. The molecule has 3 nitrogen and oxygen atoms in total. The lowest BCUT2D eigenvalue weighted by atomic mass is 10.2. The van der Waals surface area contributed by atoms with E-state index in [-0.39, 0.29) is 6.61 Å². The van der Waals surface area contributed by atoms with Crippen molar-refractivity contribution in [3.8, 4) is 0 Å². The highest BCUT2D eigenvalue weighted by Gasteiger charge is 1.94. The number of nitrogens with one attached hydrogen (secondary N) is 1. The molecule has 0 heterocycles. The number of halogens is 1. The Balaban J connectivity index is 2.10. The Labute approximate surface area is 95.0 Å². The predicted octanol–water partition coefficient (Wildman–Crippen LogP) is 1.44. The summed E-state index contributed by atoms with van der Waals surface area (Å²) >= 11 is 5.83. The van der Waals surface area contributed by atoms with Crippen LogP contribution in [0.4, 0.5) is 0 Å². The molecule has 4 heteroatoms. The molecule has 1 aromatic rings. The van der Waals surface area contributed by atoms with Gasteiger partial charge in [-0.15, -0.1) is 0 Å². The van der Waals surface area contributed by atoms with E-state index < -0.39 is 0 Å². The minimum absolute atomic E-state index is 0.161. The average Bonchev–Trinajstić information content (AvgIpc) is 2.23. The van der Waals surface area contributed by atoms with Crippen molar-refractivity contribution in [2.24, 2.45) is 0 Å². The smallest absolute Gasteiger partial charge is 0.0718 e. The molecule has 0 saturated heterocycles. The molecule has 0 atom stereocenters. The zero-order chi connectivity index (χ0) is 10.9. The molecule has 0 radical (unpaired) electrons. The zero-order valence-corrected chi connectivity index (χ0v) is 9.33. The van der Waals surface area contributed by atoms with Crippen molar-refractivity contribution in [2.45, 2.75) is 6.61 Å². The van der Waals surface area contributed by atoms with Gasteiger partial charge >= 0.3 is 0 Å². The summed E-state index contributed by atoms with van der Waals surface area (Å²) in [7, 11) is 0. The molecule has 0 bridgehead atoms. The third-order valence-electron chi connectivity index (χ3n) is 1.87. The van der Waals surface area contributed by atoms with E-state index in [1.165, 1.54) is 0 Å². The number of hydrogen-bond donors (Lipinski definition) is 2. The number of aliphatic hydroxyl groups is 1. The molecule has 84 valence electrons. The van der Waals surface area contributed by atoms with Crippen LogP contribution in [0, 0.1) is 0 Å². The van der Waals surface area contributed by atoms with Crippen molar-refractivity contribution in [3.05, 3.63) is 34.9 Å². The van der Waals surface area contributed by atoms with Crippen LogP contribution in [0.1, 0.15) is 5.56 Å². The molecule has 0 saturated carbocycles. The van der Waals surface area contributed by atoms with Crippen molar-refractivity contribution < 1.29 is 9.84 Å². The molecular weight excluding hydrogens is 214 g/mol. The van der Waals surface area contributed by atoms with E-state index in [9.17, 15) is 0 Å². The van der Waals surface area contributed by atoms with Gasteiger partial charge in [0.05, 0.1) is 19.8 Å². The van der Waals surface area contributed by atoms with E-state index in [2.05, 4.69) is 5.32 Å². The van der Waals surface area contributed by atoms with Crippen LogP contribution in [0.15, 0.2) is 24.3 Å². The van der Waals surface area contributed by atoms with Gasteiger partial charge in [0.15, 0.2) is 0 Å². The van der Waals surface area contributed by atoms with Crippen molar-refractivity contribution in [2.75, 3.05) is 26.3 Å². The van der Waals surface area contributed by atoms with Crippen LogP contribution >= 0.6 is 11.6 Å². The quantitative estimate of drug-likeness (QED) is 0.696. The van der Waals surface area contributed by atoms with E-state index in [1.807, 2.05) is 24.3 Å². The fourth-order valence-corrected chi connectivity index (χ4v) is 1.38. The Morgan fingerprint density at radius 1 is 1.33 bits per heavy atom. The molecule has 0 aliphatic carbocycles. The van der Waals surface area contributed by atoms with Gasteiger partial charge in [-0.05, 0) is 17.7 Å². The number of rotatable bonds is 7. The molecule has 1 aromatic carbocycles. The molecule has 0 aliphatic rings. The average molecular weight is 230 g/mol. The Morgan fingerprint density at radius 3 is 2.93 bits per heavy atom. The van der Waals surface area contributed by atoms with E-state index in [0.29, 0.717) is 19.8 Å². The second-order valence-electron chi connectivity index (χ2n) is 3.16. The van der Waals surface area contributed by atoms with Crippen LogP contribution in [-0.4, -0.2) is 31.4 Å². The molecule has 0 unspecified atom stereocenters. The first kappa shape index (κ1) is 12.5.